The van der Waals surface area contributed by atoms with Crippen LogP contribution in [0.2, 0.25) is 0 Å². The van der Waals surface area contributed by atoms with Gasteiger partial charge in [0.15, 0.2) is 0 Å². The van der Waals surface area contributed by atoms with E-state index in [-0.39, 0.29) is 30.5 Å². The maximum atomic E-state index is 13.2. The molecule has 36 heavy (non-hydrogen) atoms. The summed E-state index contributed by atoms with van der Waals surface area (Å²) in [4.78, 5) is 26.2. The van der Waals surface area contributed by atoms with Crippen LogP contribution < -0.4 is 21.1 Å². The van der Waals surface area contributed by atoms with Crippen molar-refractivity contribution in [2.75, 3.05) is 17.8 Å². The molecule has 2 unspecified atom stereocenters. The van der Waals surface area contributed by atoms with E-state index in [1.54, 1.807) is 43.0 Å². The van der Waals surface area contributed by atoms with E-state index in [4.69, 9.17) is 11.1 Å². The van der Waals surface area contributed by atoms with Gasteiger partial charge < -0.3 is 16.4 Å². The highest BCUT2D eigenvalue weighted by atomic mass is 32.2. The zero-order valence-corrected chi connectivity index (χ0v) is 22.3. The van der Waals surface area contributed by atoms with E-state index in [1.165, 1.54) is 0 Å². The summed E-state index contributed by atoms with van der Waals surface area (Å²) >= 11 is 1.55. The molecule has 2 aromatic rings. The molecule has 0 aliphatic heterocycles. The highest BCUT2D eigenvalue weighted by Gasteiger charge is 2.28. The number of sulfonamides is 1. The van der Waals surface area contributed by atoms with Gasteiger partial charge >= 0.3 is 0 Å². The highest BCUT2D eigenvalue weighted by molar-refractivity contribution is 7.98. The summed E-state index contributed by atoms with van der Waals surface area (Å²) in [7, 11) is -3.66. The summed E-state index contributed by atoms with van der Waals surface area (Å²) in [6.45, 7) is 1.99. The van der Waals surface area contributed by atoms with Gasteiger partial charge in [0.25, 0.3) is 0 Å². The number of hydrogen-bond acceptors (Lipinski definition) is 6. The van der Waals surface area contributed by atoms with Gasteiger partial charge in [0, 0.05) is 12.1 Å². The number of nitrogen functional groups attached to an aromatic ring is 1. The summed E-state index contributed by atoms with van der Waals surface area (Å²) in [5.74, 6) is -0.403. The molecule has 0 saturated heterocycles. The number of carbonyl (C=O) groups is 2. The Morgan fingerprint density at radius 3 is 2.25 bits per heavy atom. The Bertz CT molecular complexity index is 1110. The standard InChI is InChI=1S/C25H35N5O4S2/c1-3-15-36(33,34)30-22(16-18-7-5-4-6-8-18)25(32)29-21(13-14-35-2)24(31)28-17-19-9-11-20(12-10-19)23(26)27/h4-12,21-22,30H,3,13-17H2,1-2H3,(H3,26,27)(H,28,31)(H,29,32). The molecule has 9 nitrogen and oxygen atoms in total. The molecule has 0 aliphatic rings. The molecule has 2 atom stereocenters. The highest BCUT2D eigenvalue weighted by Crippen LogP contribution is 2.09. The van der Waals surface area contributed by atoms with Gasteiger partial charge in [0.05, 0.1) is 5.75 Å². The molecule has 11 heteroatoms. The number of amidine groups is 1. The van der Waals surface area contributed by atoms with Crippen molar-refractivity contribution in [1.29, 1.82) is 5.41 Å². The number of benzene rings is 2. The number of thioether (sulfide) groups is 1. The lowest BCUT2D eigenvalue weighted by atomic mass is 10.1. The van der Waals surface area contributed by atoms with E-state index in [2.05, 4.69) is 15.4 Å². The van der Waals surface area contributed by atoms with Gasteiger partial charge in [-0.2, -0.15) is 11.8 Å². The molecule has 0 heterocycles. The SMILES string of the molecule is CCCS(=O)(=O)NC(Cc1ccccc1)C(=O)NC(CCSC)C(=O)NCc1ccc(C(=N)N)cc1. The van der Waals surface area contributed by atoms with Gasteiger partial charge in [-0.15, -0.1) is 0 Å². The number of nitrogens with one attached hydrogen (secondary N) is 4. The Morgan fingerprint density at radius 2 is 1.67 bits per heavy atom. The second kappa shape index (κ2) is 14.6. The molecule has 0 spiro atoms. The van der Waals surface area contributed by atoms with E-state index in [0.717, 1.165) is 11.1 Å². The van der Waals surface area contributed by atoms with E-state index in [1.807, 2.05) is 36.6 Å². The van der Waals surface area contributed by atoms with E-state index >= 15 is 0 Å². The fourth-order valence-corrected chi connectivity index (χ4v) is 5.22. The first-order chi connectivity index (χ1) is 17.1. The molecule has 2 amide bonds. The normalized spacial score (nSPS) is 12.9. The van der Waals surface area contributed by atoms with Crippen LogP contribution in [0.4, 0.5) is 0 Å². The fourth-order valence-electron chi connectivity index (χ4n) is 3.47. The predicted molar refractivity (Wildman–Crippen MR) is 145 cm³/mol. The lowest BCUT2D eigenvalue weighted by Crippen LogP contribution is -2.54. The second-order valence-corrected chi connectivity index (χ2v) is 11.2. The number of rotatable bonds is 15. The van der Waals surface area contributed by atoms with Crippen LogP contribution in [0.1, 0.15) is 36.5 Å². The van der Waals surface area contributed by atoms with Crippen LogP contribution in [0.3, 0.4) is 0 Å². The van der Waals surface area contributed by atoms with Gasteiger partial charge in [0.2, 0.25) is 21.8 Å². The zero-order chi connectivity index (χ0) is 26.6. The summed E-state index contributed by atoms with van der Waals surface area (Å²) in [6, 6.07) is 14.2. The second-order valence-electron chi connectivity index (χ2n) is 8.35. The summed E-state index contributed by atoms with van der Waals surface area (Å²) < 4.78 is 27.4. The Labute approximate surface area is 217 Å². The van der Waals surface area contributed by atoms with E-state index < -0.39 is 28.0 Å². The van der Waals surface area contributed by atoms with Crippen LogP contribution in [0.5, 0.6) is 0 Å². The lowest BCUT2D eigenvalue weighted by Gasteiger charge is -2.23. The molecule has 2 rings (SSSR count). The molecule has 0 fully saturated rings. The van der Waals surface area contributed by atoms with E-state index in [9.17, 15) is 18.0 Å². The third kappa shape index (κ3) is 10.00. The van der Waals surface area contributed by atoms with Crippen LogP contribution in [0.25, 0.3) is 0 Å². The van der Waals surface area contributed by atoms with Crippen LogP contribution in [0.15, 0.2) is 54.6 Å². The Balaban J connectivity index is 2.12. The first kappa shape index (κ1) is 29.3. The summed E-state index contributed by atoms with van der Waals surface area (Å²) in [5.41, 5.74) is 7.68. The van der Waals surface area contributed by atoms with Gasteiger partial charge in [-0.1, -0.05) is 61.5 Å². The number of nitrogens with two attached hydrogens (primary N) is 1. The minimum Gasteiger partial charge on any atom is -0.384 e. The number of carbonyl (C=O) groups excluding carboxylic acids is 2. The molecule has 0 aliphatic carbocycles. The Hall–Kier alpha value is -2.89. The third-order valence-corrected chi connectivity index (χ3v) is 7.60. The molecule has 196 valence electrons. The van der Waals surface area contributed by atoms with Crippen LogP contribution in [-0.2, 0) is 32.6 Å². The van der Waals surface area contributed by atoms with E-state index in [0.29, 0.717) is 24.2 Å². The zero-order valence-electron chi connectivity index (χ0n) is 20.6. The fraction of sp³-hybridized carbons (Fsp3) is 0.400. The van der Waals surface area contributed by atoms with Gasteiger partial charge in [-0.05, 0) is 42.4 Å². The summed E-state index contributed by atoms with van der Waals surface area (Å²) in [6.07, 6.45) is 2.88. The molecular formula is C25H35N5O4S2. The first-order valence-electron chi connectivity index (χ1n) is 11.7. The minimum atomic E-state index is -3.66. The van der Waals surface area contributed by atoms with Crippen LogP contribution in [-0.4, -0.2) is 55.9 Å². The van der Waals surface area contributed by atoms with Crippen molar-refractivity contribution in [2.45, 2.75) is 44.8 Å². The van der Waals surface area contributed by atoms with Crippen molar-refractivity contribution < 1.29 is 18.0 Å². The largest absolute Gasteiger partial charge is 0.384 e. The minimum absolute atomic E-state index is 0.0370. The van der Waals surface area contributed by atoms with Crippen LogP contribution >= 0.6 is 11.8 Å². The molecule has 0 radical (unpaired) electrons. The van der Waals surface area contributed by atoms with Crippen molar-refractivity contribution in [3.05, 3.63) is 71.3 Å². The Kier molecular flexibility index (Phi) is 11.9. The molecular weight excluding hydrogens is 498 g/mol. The number of amides is 2. The van der Waals surface area contributed by atoms with Crippen molar-refractivity contribution in [3.63, 3.8) is 0 Å². The smallest absolute Gasteiger partial charge is 0.242 e. The summed E-state index contributed by atoms with van der Waals surface area (Å²) in [5, 5.41) is 13.1. The monoisotopic (exact) mass is 533 g/mol. The van der Waals surface area contributed by atoms with Gasteiger partial charge in [-0.3, -0.25) is 15.0 Å². The first-order valence-corrected chi connectivity index (χ1v) is 14.7. The molecule has 0 bridgehead atoms. The maximum Gasteiger partial charge on any atom is 0.242 e. The number of hydrogen-bond donors (Lipinski definition) is 5. The van der Waals surface area contributed by atoms with Crippen LogP contribution in [0, 0.1) is 5.41 Å². The maximum absolute atomic E-state index is 13.2. The topological polar surface area (TPSA) is 154 Å². The predicted octanol–water partition coefficient (Wildman–Crippen LogP) is 1.77. The molecule has 0 aromatic heterocycles. The third-order valence-electron chi connectivity index (χ3n) is 5.37. The average Bonchev–Trinajstić information content (AvgIpc) is 2.85. The molecule has 0 saturated carbocycles. The Morgan fingerprint density at radius 1 is 1.00 bits per heavy atom. The van der Waals surface area contributed by atoms with Gasteiger partial charge in [-0.25, -0.2) is 13.1 Å². The van der Waals surface area contributed by atoms with Crippen molar-refractivity contribution in [1.82, 2.24) is 15.4 Å². The van der Waals surface area contributed by atoms with Crippen molar-refractivity contribution in [2.24, 2.45) is 5.73 Å². The molecule has 6 N–H and O–H groups in total. The van der Waals surface area contributed by atoms with Crippen molar-refractivity contribution in [3.8, 4) is 0 Å². The quantitative estimate of drug-likeness (QED) is 0.174. The molecule has 2 aromatic carbocycles. The average molecular weight is 534 g/mol. The lowest BCUT2D eigenvalue weighted by molar-refractivity contribution is -0.129. The van der Waals surface area contributed by atoms with Crippen molar-refractivity contribution >= 4 is 39.4 Å². The van der Waals surface area contributed by atoms with Gasteiger partial charge in [0.1, 0.15) is 17.9 Å².